The standard InChI is InChI=1S/C18H25NO2/c1-17(14-6-4-3-5-7-14)9-8-15(12-17)19-11-10-18(2,13-19)16(20)21/h3-7,15H,8-13H2,1-2H3,(H,20,21). The summed E-state index contributed by atoms with van der Waals surface area (Å²) in [4.78, 5) is 13.8. The largest absolute Gasteiger partial charge is 0.481 e. The van der Waals surface area contributed by atoms with Crippen LogP contribution in [0.25, 0.3) is 0 Å². The van der Waals surface area contributed by atoms with Gasteiger partial charge in [0.1, 0.15) is 0 Å². The third kappa shape index (κ3) is 2.59. The van der Waals surface area contributed by atoms with Crippen LogP contribution >= 0.6 is 0 Å². The molecule has 0 spiro atoms. The molecule has 2 fully saturated rings. The van der Waals surface area contributed by atoms with Gasteiger partial charge in [-0.25, -0.2) is 0 Å². The Morgan fingerprint density at radius 3 is 2.57 bits per heavy atom. The predicted octanol–water partition coefficient (Wildman–Crippen LogP) is 3.29. The summed E-state index contributed by atoms with van der Waals surface area (Å²) in [6.07, 6.45) is 4.30. The van der Waals surface area contributed by atoms with E-state index in [-0.39, 0.29) is 5.41 Å². The van der Waals surface area contributed by atoms with Gasteiger partial charge in [0.15, 0.2) is 0 Å². The van der Waals surface area contributed by atoms with Gasteiger partial charge in [0.2, 0.25) is 0 Å². The fraction of sp³-hybridized carbons (Fsp3) is 0.611. The Morgan fingerprint density at radius 1 is 1.24 bits per heavy atom. The van der Waals surface area contributed by atoms with Crippen molar-refractivity contribution in [3.8, 4) is 0 Å². The fourth-order valence-corrected chi connectivity index (χ4v) is 4.11. The average Bonchev–Trinajstić information content (AvgIpc) is 3.06. The smallest absolute Gasteiger partial charge is 0.310 e. The number of likely N-dealkylation sites (tertiary alicyclic amines) is 1. The quantitative estimate of drug-likeness (QED) is 0.927. The van der Waals surface area contributed by atoms with E-state index in [1.165, 1.54) is 18.4 Å². The lowest BCUT2D eigenvalue weighted by Gasteiger charge is -2.29. The van der Waals surface area contributed by atoms with Gasteiger partial charge in [0.25, 0.3) is 0 Å². The van der Waals surface area contributed by atoms with Gasteiger partial charge >= 0.3 is 5.97 Å². The van der Waals surface area contributed by atoms with E-state index >= 15 is 0 Å². The molecular weight excluding hydrogens is 262 g/mol. The first-order valence-corrected chi connectivity index (χ1v) is 7.96. The summed E-state index contributed by atoms with van der Waals surface area (Å²) >= 11 is 0. The molecule has 1 aromatic carbocycles. The molecule has 1 saturated heterocycles. The maximum atomic E-state index is 11.4. The molecule has 0 aromatic heterocycles. The van der Waals surface area contributed by atoms with E-state index in [1.54, 1.807) is 0 Å². The van der Waals surface area contributed by atoms with Crippen LogP contribution < -0.4 is 0 Å². The molecule has 1 saturated carbocycles. The van der Waals surface area contributed by atoms with Crippen LogP contribution in [0.5, 0.6) is 0 Å². The Balaban J connectivity index is 1.70. The molecule has 3 atom stereocenters. The molecule has 3 nitrogen and oxygen atoms in total. The van der Waals surface area contributed by atoms with Crippen LogP contribution in [-0.2, 0) is 10.2 Å². The van der Waals surface area contributed by atoms with Crippen molar-refractivity contribution in [2.45, 2.75) is 51.0 Å². The number of aliphatic carboxylic acids is 1. The molecule has 0 radical (unpaired) electrons. The fourth-order valence-electron chi connectivity index (χ4n) is 4.11. The number of carboxylic acid groups (broad SMARTS) is 1. The minimum Gasteiger partial charge on any atom is -0.481 e. The molecule has 114 valence electrons. The summed E-state index contributed by atoms with van der Waals surface area (Å²) in [6, 6.07) is 11.3. The SMILES string of the molecule is CC1(C(=O)O)CCN(C2CCC(C)(c3ccccc3)C2)C1. The molecule has 3 rings (SSSR count). The summed E-state index contributed by atoms with van der Waals surface area (Å²) in [5, 5.41) is 9.39. The summed E-state index contributed by atoms with van der Waals surface area (Å²) in [6.45, 7) is 5.88. The average molecular weight is 287 g/mol. The Bertz CT molecular complexity index is 529. The highest BCUT2D eigenvalue weighted by Gasteiger charge is 2.46. The maximum Gasteiger partial charge on any atom is 0.310 e. The molecule has 1 N–H and O–H groups in total. The molecular formula is C18H25NO2. The van der Waals surface area contributed by atoms with Crippen molar-refractivity contribution in [3.63, 3.8) is 0 Å². The van der Waals surface area contributed by atoms with Gasteiger partial charge in [-0.1, -0.05) is 37.3 Å². The van der Waals surface area contributed by atoms with Crippen molar-refractivity contribution in [2.24, 2.45) is 5.41 Å². The zero-order valence-corrected chi connectivity index (χ0v) is 13.0. The second kappa shape index (κ2) is 5.13. The number of rotatable bonds is 3. The van der Waals surface area contributed by atoms with Crippen molar-refractivity contribution < 1.29 is 9.90 Å². The Hall–Kier alpha value is -1.35. The van der Waals surface area contributed by atoms with Gasteiger partial charge in [-0.05, 0) is 50.1 Å². The van der Waals surface area contributed by atoms with E-state index in [0.717, 1.165) is 19.4 Å². The molecule has 3 unspecified atom stereocenters. The van der Waals surface area contributed by atoms with E-state index in [1.807, 2.05) is 6.92 Å². The monoisotopic (exact) mass is 287 g/mol. The Kier molecular flexibility index (Phi) is 3.56. The number of hydrogen-bond acceptors (Lipinski definition) is 2. The summed E-state index contributed by atoms with van der Waals surface area (Å²) in [5.41, 5.74) is 1.12. The second-order valence-corrected chi connectivity index (χ2v) is 7.41. The molecule has 21 heavy (non-hydrogen) atoms. The highest BCUT2D eigenvalue weighted by molar-refractivity contribution is 5.74. The summed E-state index contributed by atoms with van der Waals surface area (Å²) in [7, 11) is 0. The second-order valence-electron chi connectivity index (χ2n) is 7.41. The zero-order valence-electron chi connectivity index (χ0n) is 13.0. The lowest BCUT2D eigenvalue weighted by molar-refractivity contribution is -0.147. The predicted molar refractivity (Wildman–Crippen MR) is 83.4 cm³/mol. The Labute approximate surface area is 127 Å². The van der Waals surface area contributed by atoms with E-state index in [0.29, 0.717) is 12.6 Å². The summed E-state index contributed by atoms with van der Waals surface area (Å²) < 4.78 is 0. The van der Waals surface area contributed by atoms with Crippen LogP contribution in [-0.4, -0.2) is 35.1 Å². The van der Waals surface area contributed by atoms with Gasteiger partial charge in [-0.15, -0.1) is 0 Å². The molecule has 0 bridgehead atoms. The maximum absolute atomic E-state index is 11.4. The topological polar surface area (TPSA) is 40.5 Å². The van der Waals surface area contributed by atoms with Gasteiger partial charge in [0, 0.05) is 12.6 Å². The van der Waals surface area contributed by atoms with Crippen LogP contribution in [0.3, 0.4) is 0 Å². The molecule has 1 aromatic rings. The molecule has 0 amide bonds. The van der Waals surface area contributed by atoms with Gasteiger partial charge in [0.05, 0.1) is 5.41 Å². The lowest BCUT2D eigenvalue weighted by atomic mass is 9.81. The third-order valence-corrected chi connectivity index (χ3v) is 5.72. The van der Waals surface area contributed by atoms with Crippen LogP contribution in [0.4, 0.5) is 0 Å². The lowest BCUT2D eigenvalue weighted by Crippen LogP contribution is -2.37. The van der Waals surface area contributed by atoms with E-state index in [2.05, 4.69) is 42.2 Å². The minimum atomic E-state index is -0.645. The van der Waals surface area contributed by atoms with Gasteiger partial charge in [-0.3, -0.25) is 9.69 Å². The van der Waals surface area contributed by atoms with Gasteiger partial charge < -0.3 is 5.11 Å². The third-order valence-electron chi connectivity index (χ3n) is 5.72. The van der Waals surface area contributed by atoms with Crippen LogP contribution in [0.1, 0.15) is 45.1 Å². The summed E-state index contributed by atoms with van der Waals surface area (Å²) in [5.74, 6) is -0.645. The van der Waals surface area contributed by atoms with E-state index in [9.17, 15) is 9.90 Å². The number of carbonyl (C=O) groups is 1. The van der Waals surface area contributed by atoms with Crippen molar-refractivity contribution >= 4 is 5.97 Å². The molecule has 1 heterocycles. The minimum absolute atomic E-state index is 0.244. The van der Waals surface area contributed by atoms with Crippen molar-refractivity contribution in [1.29, 1.82) is 0 Å². The molecule has 2 aliphatic rings. The number of benzene rings is 1. The zero-order chi connectivity index (χ0) is 15.1. The highest BCUT2D eigenvalue weighted by atomic mass is 16.4. The normalized spacial score (nSPS) is 37.0. The van der Waals surface area contributed by atoms with Crippen molar-refractivity contribution in [1.82, 2.24) is 4.90 Å². The van der Waals surface area contributed by atoms with E-state index < -0.39 is 11.4 Å². The first-order valence-electron chi connectivity index (χ1n) is 7.96. The number of hydrogen-bond donors (Lipinski definition) is 1. The van der Waals surface area contributed by atoms with Gasteiger partial charge in [-0.2, -0.15) is 0 Å². The number of carboxylic acids is 1. The van der Waals surface area contributed by atoms with Crippen LogP contribution in [0.15, 0.2) is 30.3 Å². The molecule has 1 aliphatic heterocycles. The van der Waals surface area contributed by atoms with Crippen molar-refractivity contribution in [3.05, 3.63) is 35.9 Å². The van der Waals surface area contributed by atoms with Crippen LogP contribution in [0.2, 0.25) is 0 Å². The van der Waals surface area contributed by atoms with Crippen molar-refractivity contribution in [2.75, 3.05) is 13.1 Å². The first-order chi connectivity index (χ1) is 9.93. The molecule has 3 heteroatoms. The van der Waals surface area contributed by atoms with E-state index in [4.69, 9.17) is 0 Å². The number of nitrogens with zero attached hydrogens (tertiary/aromatic N) is 1. The van der Waals surface area contributed by atoms with Crippen LogP contribution in [0, 0.1) is 5.41 Å². The molecule has 1 aliphatic carbocycles. The highest BCUT2D eigenvalue weighted by Crippen LogP contribution is 2.44. The Morgan fingerprint density at radius 2 is 1.95 bits per heavy atom. The first kappa shape index (κ1) is 14.6.